The molecule has 0 rings (SSSR count). The summed E-state index contributed by atoms with van der Waals surface area (Å²) in [5.74, 6) is 0. The van der Waals surface area contributed by atoms with E-state index in [1.807, 2.05) is 0 Å². The molecular formula is C18H36F2OS. The predicted octanol–water partition coefficient (Wildman–Crippen LogP) is 7.40. The summed E-state index contributed by atoms with van der Waals surface area (Å²) in [4.78, 5) is 0. The van der Waals surface area contributed by atoms with Crippen LogP contribution in [0.4, 0.5) is 8.78 Å². The van der Waals surface area contributed by atoms with Gasteiger partial charge in [0.25, 0.3) is 0 Å². The molecule has 0 aromatic rings. The maximum absolute atomic E-state index is 12.8. The Balaban J connectivity index is 3.06. The number of hydrogen-bond acceptors (Lipinski definition) is 2. The molecule has 0 saturated heterocycles. The minimum Gasteiger partial charge on any atom is -0.311 e. The number of unbranched alkanes of at least 4 members (excludes halogenated alkanes) is 13. The second-order valence-electron chi connectivity index (χ2n) is 6.11. The third-order valence-corrected chi connectivity index (χ3v) is 4.60. The van der Waals surface area contributed by atoms with Crippen molar-refractivity contribution in [3.05, 3.63) is 0 Å². The minimum atomic E-state index is -3.00. The fourth-order valence-electron chi connectivity index (χ4n) is 2.55. The van der Waals surface area contributed by atoms with E-state index in [4.69, 9.17) is 0 Å². The Labute approximate surface area is 141 Å². The molecule has 0 heterocycles. The van der Waals surface area contributed by atoms with Crippen LogP contribution in [0, 0.1) is 0 Å². The molecule has 134 valence electrons. The van der Waals surface area contributed by atoms with E-state index < -0.39 is 5.44 Å². The summed E-state index contributed by atoms with van der Waals surface area (Å²) in [5.41, 5.74) is -3.00. The maximum Gasteiger partial charge on any atom is 0.407 e. The lowest BCUT2D eigenvalue weighted by molar-refractivity contribution is -0.162. The summed E-state index contributed by atoms with van der Waals surface area (Å²) in [6.45, 7) is 2.43. The zero-order chi connectivity index (χ0) is 16.5. The Hall–Kier alpha value is 0.170. The molecule has 0 fully saturated rings. The zero-order valence-electron chi connectivity index (χ0n) is 14.7. The van der Waals surface area contributed by atoms with Crippen LogP contribution in [-0.4, -0.2) is 18.3 Å². The van der Waals surface area contributed by atoms with Crippen LogP contribution in [0.25, 0.3) is 0 Å². The first-order chi connectivity index (χ1) is 10.6. The van der Waals surface area contributed by atoms with Crippen LogP contribution >= 0.6 is 11.8 Å². The Morgan fingerprint density at radius 1 is 0.682 bits per heavy atom. The molecule has 0 amide bonds. The first-order valence-corrected chi connectivity index (χ1v) is 10.4. The van der Waals surface area contributed by atoms with E-state index in [2.05, 4.69) is 11.7 Å². The number of halogens is 2. The zero-order valence-corrected chi connectivity index (χ0v) is 15.5. The summed E-state index contributed by atoms with van der Waals surface area (Å²) in [5, 5.41) is 0. The Kier molecular flexibility index (Phi) is 16.2. The molecule has 1 nitrogen and oxygen atoms in total. The van der Waals surface area contributed by atoms with E-state index in [-0.39, 0.29) is 6.61 Å². The standard InChI is InChI=1S/C18H36F2OS/c1-3-4-5-6-7-8-9-10-11-12-13-14-15-16-17-21-18(19,20)22-2/h3-17H2,1-2H3. The smallest absolute Gasteiger partial charge is 0.311 e. The topological polar surface area (TPSA) is 9.23 Å². The average Bonchev–Trinajstić information content (AvgIpc) is 2.51. The third-order valence-electron chi connectivity index (χ3n) is 4.01. The Bertz CT molecular complexity index is 225. The predicted molar refractivity (Wildman–Crippen MR) is 94.7 cm³/mol. The highest BCUT2D eigenvalue weighted by Gasteiger charge is 2.27. The SMILES string of the molecule is CCCCCCCCCCCCCCCCOC(F)(F)SC. The molecule has 0 N–H and O–H groups in total. The van der Waals surface area contributed by atoms with Crippen molar-refractivity contribution in [2.45, 2.75) is 102 Å². The van der Waals surface area contributed by atoms with E-state index in [9.17, 15) is 8.78 Å². The quantitative estimate of drug-likeness (QED) is 0.202. The second kappa shape index (κ2) is 16.0. The normalized spacial score (nSPS) is 12.0. The van der Waals surface area contributed by atoms with E-state index in [0.717, 1.165) is 19.3 Å². The van der Waals surface area contributed by atoms with Crippen molar-refractivity contribution in [2.75, 3.05) is 12.9 Å². The Morgan fingerprint density at radius 3 is 1.41 bits per heavy atom. The molecule has 0 saturated carbocycles. The number of thioether (sulfide) groups is 1. The van der Waals surface area contributed by atoms with Crippen LogP contribution < -0.4 is 0 Å². The minimum absolute atomic E-state index is 0.172. The van der Waals surface area contributed by atoms with Crippen LogP contribution in [0.3, 0.4) is 0 Å². The van der Waals surface area contributed by atoms with Gasteiger partial charge in [0.05, 0.1) is 6.61 Å². The molecule has 0 aliphatic rings. The van der Waals surface area contributed by atoms with Gasteiger partial charge < -0.3 is 4.74 Å². The van der Waals surface area contributed by atoms with Gasteiger partial charge in [-0.3, -0.25) is 0 Å². The van der Waals surface area contributed by atoms with E-state index in [1.165, 1.54) is 76.9 Å². The highest BCUT2D eigenvalue weighted by molar-refractivity contribution is 7.99. The van der Waals surface area contributed by atoms with Gasteiger partial charge in [-0.15, -0.1) is 0 Å². The molecule has 0 radical (unpaired) electrons. The lowest BCUT2D eigenvalue weighted by atomic mass is 10.0. The molecule has 0 aliphatic heterocycles. The van der Waals surface area contributed by atoms with Crippen molar-refractivity contribution >= 4 is 11.8 Å². The van der Waals surface area contributed by atoms with Gasteiger partial charge in [0.1, 0.15) is 0 Å². The molecule has 0 bridgehead atoms. The third kappa shape index (κ3) is 16.5. The number of alkyl halides is 2. The van der Waals surface area contributed by atoms with E-state index in [1.54, 1.807) is 0 Å². The fraction of sp³-hybridized carbons (Fsp3) is 1.00. The monoisotopic (exact) mass is 338 g/mol. The Morgan fingerprint density at radius 2 is 1.05 bits per heavy atom. The van der Waals surface area contributed by atoms with E-state index in [0.29, 0.717) is 11.8 Å². The van der Waals surface area contributed by atoms with Crippen molar-refractivity contribution in [1.82, 2.24) is 0 Å². The van der Waals surface area contributed by atoms with Gasteiger partial charge in [0, 0.05) is 0 Å². The lowest BCUT2D eigenvalue weighted by Crippen LogP contribution is -2.15. The average molecular weight is 339 g/mol. The summed E-state index contributed by atoms with van der Waals surface area (Å²) < 4.78 is 30.0. The van der Waals surface area contributed by atoms with Crippen molar-refractivity contribution in [1.29, 1.82) is 0 Å². The van der Waals surface area contributed by atoms with Gasteiger partial charge in [0.2, 0.25) is 0 Å². The summed E-state index contributed by atoms with van der Waals surface area (Å²) in [6, 6.07) is 0. The number of rotatable bonds is 17. The maximum atomic E-state index is 12.8. The lowest BCUT2D eigenvalue weighted by Gasteiger charge is -2.13. The van der Waals surface area contributed by atoms with Crippen LogP contribution in [0.5, 0.6) is 0 Å². The van der Waals surface area contributed by atoms with Gasteiger partial charge >= 0.3 is 5.44 Å². The van der Waals surface area contributed by atoms with Gasteiger partial charge in [0.15, 0.2) is 0 Å². The molecule has 0 atom stereocenters. The molecule has 22 heavy (non-hydrogen) atoms. The first kappa shape index (κ1) is 22.2. The van der Waals surface area contributed by atoms with Gasteiger partial charge in [-0.05, 0) is 12.7 Å². The highest BCUT2D eigenvalue weighted by Crippen LogP contribution is 2.27. The fourth-order valence-corrected chi connectivity index (χ4v) is 2.75. The van der Waals surface area contributed by atoms with Crippen molar-refractivity contribution in [3.8, 4) is 0 Å². The van der Waals surface area contributed by atoms with E-state index >= 15 is 0 Å². The van der Waals surface area contributed by atoms with Gasteiger partial charge in [-0.2, -0.15) is 8.78 Å². The summed E-state index contributed by atoms with van der Waals surface area (Å²) >= 11 is 0.458. The van der Waals surface area contributed by atoms with Crippen LogP contribution in [0.2, 0.25) is 0 Å². The van der Waals surface area contributed by atoms with Crippen LogP contribution in [-0.2, 0) is 4.74 Å². The molecular weight excluding hydrogens is 302 g/mol. The second-order valence-corrected chi connectivity index (χ2v) is 7.00. The molecule has 0 unspecified atom stereocenters. The molecule has 4 heteroatoms. The van der Waals surface area contributed by atoms with Gasteiger partial charge in [-0.1, -0.05) is 102 Å². The summed E-state index contributed by atoms with van der Waals surface area (Å²) in [7, 11) is 0. The van der Waals surface area contributed by atoms with Crippen molar-refractivity contribution in [3.63, 3.8) is 0 Å². The van der Waals surface area contributed by atoms with Crippen LogP contribution in [0.1, 0.15) is 96.8 Å². The first-order valence-electron chi connectivity index (χ1n) is 9.19. The number of hydrogen-bond donors (Lipinski definition) is 0. The van der Waals surface area contributed by atoms with Crippen LogP contribution in [0.15, 0.2) is 0 Å². The molecule has 0 spiro atoms. The number of ether oxygens (including phenoxy) is 1. The highest BCUT2D eigenvalue weighted by atomic mass is 32.2. The van der Waals surface area contributed by atoms with Gasteiger partial charge in [-0.25, -0.2) is 0 Å². The molecule has 0 aromatic carbocycles. The molecule has 0 aliphatic carbocycles. The summed E-state index contributed by atoms with van der Waals surface area (Å²) in [6.07, 6.45) is 19.2. The molecule has 0 aromatic heterocycles. The largest absolute Gasteiger partial charge is 0.407 e. The van der Waals surface area contributed by atoms with Crippen molar-refractivity contribution in [2.24, 2.45) is 0 Å². The van der Waals surface area contributed by atoms with Crippen molar-refractivity contribution < 1.29 is 13.5 Å².